The van der Waals surface area contributed by atoms with Crippen LogP contribution in [0.2, 0.25) is 0 Å². The van der Waals surface area contributed by atoms with Gasteiger partial charge in [-0.3, -0.25) is 0 Å². The molecule has 0 bridgehead atoms. The van der Waals surface area contributed by atoms with Crippen LogP contribution >= 0.6 is 0 Å². The molecule has 88 valence electrons. The van der Waals surface area contributed by atoms with Gasteiger partial charge in [0.1, 0.15) is 0 Å². The maximum absolute atomic E-state index is 5.77. The van der Waals surface area contributed by atoms with Crippen molar-refractivity contribution in [3.63, 3.8) is 0 Å². The van der Waals surface area contributed by atoms with Gasteiger partial charge >= 0.3 is 0 Å². The molecule has 0 heterocycles. The van der Waals surface area contributed by atoms with Crippen molar-refractivity contribution in [1.82, 2.24) is 0 Å². The monoisotopic (exact) mass is 226 g/mol. The van der Waals surface area contributed by atoms with Crippen LogP contribution in [0.5, 0.6) is 0 Å². The van der Waals surface area contributed by atoms with E-state index < -0.39 is 0 Å². The summed E-state index contributed by atoms with van der Waals surface area (Å²) in [4.78, 5) is 2.18. The molecule has 2 rings (SSSR count). The first-order chi connectivity index (χ1) is 8.08. The van der Waals surface area contributed by atoms with Gasteiger partial charge in [-0.2, -0.15) is 0 Å². The normalized spacial score (nSPS) is 10.3. The molecule has 0 aliphatic heterocycles. The standard InChI is InChI=1S/C15H18N2/c1-11-5-4-6-14(9-11)17(3)15-8-7-13(16)10-12(15)2/h4-10H,16H2,1-3H3. The predicted octanol–water partition coefficient (Wildman–Crippen LogP) is 3.65. The Morgan fingerprint density at radius 2 is 1.76 bits per heavy atom. The number of hydrogen-bond acceptors (Lipinski definition) is 2. The molecule has 0 atom stereocenters. The molecule has 0 amide bonds. The van der Waals surface area contributed by atoms with Crippen LogP contribution in [0.3, 0.4) is 0 Å². The minimum Gasteiger partial charge on any atom is -0.399 e. The first-order valence-corrected chi connectivity index (χ1v) is 5.74. The Bertz CT molecular complexity index is 532. The first kappa shape index (κ1) is 11.5. The fourth-order valence-electron chi connectivity index (χ4n) is 2.03. The summed E-state index contributed by atoms with van der Waals surface area (Å²) in [7, 11) is 2.08. The number of nitrogens with zero attached hydrogens (tertiary/aromatic N) is 1. The number of nitrogen functional groups attached to an aromatic ring is 1. The van der Waals surface area contributed by atoms with Crippen molar-refractivity contribution in [2.24, 2.45) is 0 Å². The third-order valence-electron chi connectivity index (χ3n) is 2.97. The van der Waals surface area contributed by atoms with Crippen molar-refractivity contribution in [2.45, 2.75) is 13.8 Å². The van der Waals surface area contributed by atoms with Crippen molar-refractivity contribution in [1.29, 1.82) is 0 Å². The molecule has 0 spiro atoms. The zero-order valence-corrected chi connectivity index (χ0v) is 10.6. The minimum atomic E-state index is 0.809. The van der Waals surface area contributed by atoms with Crippen LogP contribution in [0, 0.1) is 13.8 Å². The van der Waals surface area contributed by atoms with E-state index in [9.17, 15) is 0 Å². The lowest BCUT2D eigenvalue weighted by Gasteiger charge is -2.22. The molecule has 2 aromatic carbocycles. The molecule has 17 heavy (non-hydrogen) atoms. The molecule has 0 saturated heterocycles. The summed E-state index contributed by atoms with van der Waals surface area (Å²) < 4.78 is 0. The van der Waals surface area contributed by atoms with Crippen LogP contribution in [0.15, 0.2) is 42.5 Å². The first-order valence-electron chi connectivity index (χ1n) is 5.74. The second kappa shape index (κ2) is 4.50. The Balaban J connectivity index is 2.40. The molecule has 0 fully saturated rings. The van der Waals surface area contributed by atoms with Gasteiger partial charge in [-0.05, 0) is 55.3 Å². The molecule has 0 aliphatic rings. The van der Waals surface area contributed by atoms with Gasteiger partial charge in [0.05, 0.1) is 0 Å². The Morgan fingerprint density at radius 1 is 1.00 bits per heavy atom. The van der Waals surface area contributed by atoms with Gasteiger partial charge in [-0.15, -0.1) is 0 Å². The number of nitrogens with two attached hydrogens (primary N) is 1. The highest BCUT2D eigenvalue weighted by Crippen LogP contribution is 2.28. The molecular formula is C15H18N2. The Hall–Kier alpha value is -1.96. The van der Waals surface area contributed by atoms with Gasteiger partial charge in [0.25, 0.3) is 0 Å². The van der Waals surface area contributed by atoms with Crippen molar-refractivity contribution in [2.75, 3.05) is 17.7 Å². The van der Waals surface area contributed by atoms with Crippen LogP contribution in [0.4, 0.5) is 17.1 Å². The average Bonchev–Trinajstić information content (AvgIpc) is 2.28. The number of hydrogen-bond donors (Lipinski definition) is 1. The zero-order valence-electron chi connectivity index (χ0n) is 10.6. The smallest absolute Gasteiger partial charge is 0.0439 e. The van der Waals surface area contributed by atoms with E-state index in [4.69, 9.17) is 5.73 Å². The van der Waals surface area contributed by atoms with E-state index in [-0.39, 0.29) is 0 Å². The third-order valence-corrected chi connectivity index (χ3v) is 2.97. The molecule has 2 heteroatoms. The van der Waals surface area contributed by atoms with Crippen LogP contribution in [0.25, 0.3) is 0 Å². The van der Waals surface area contributed by atoms with Gasteiger partial charge in [-0.1, -0.05) is 12.1 Å². The largest absolute Gasteiger partial charge is 0.399 e. The lowest BCUT2D eigenvalue weighted by Crippen LogP contribution is -2.11. The van der Waals surface area contributed by atoms with Crippen molar-refractivity contribution >= 4 is 17.1 Å². The molecule has 0 radical (unpaired) electrons. The number of benzene rings is 2. The van der Waals surface area contributed by atoms with E-state index in [1.807, 2.05) is 12.1 Å². The van der Waals surface area contributed by atoms with Crippen LogP contribution in [-0.2, 0) is 0 Å². The second-order valence-electron chi connectivity index (χ2n) is 4.44. The fourth-order valence-corrected chi connectivity index (χ4v) is 2.03. The molecule has 0 aromatic heterocycles. The van der Waals surface area contributed by atoms with Gasteiger partial charge in [0, 0.05) is 24.1 Å². The lowest BCUT2D eigenvalue weighted by atomic mass is 10.1. The Kier molecular flexibility index (Phi) is 3.05. The summed E-state index contributed by atoms with van der Waals surface area (Å²) in [5.74, 6) is 0. The molecular weight excluding hydrogens is 208 g/mol. The van der Waals surface area contributed by atoms with Gasteiger partial charge in [0.2, 0.25) is 0 Å². The van der Waals surface area contributed by atoms with E-state index in [0.29, 0.717) is 0 Å². The fraction of sp³-hybridized carbons (Fsp3) is 0.200. The summed E-state index contributed by atoms with van der Waals surface area (Å²) in [6.07, 6.45) is 0. The second-order valence-corrected chi connectivity index (χ2v) is 4.44. The summed E-state index contributed by atoms with van der Waals surface area (Å²) in [6.45, 7) is 4.19. The lowest BCUT2D eigenvalue weighted by molar-refractivity contribution is 1.18. The van der Waals surface area contributed by atoms with Crippen molar-refractivity contribution in [3.8, 4) is 0 Å². The van der Waals surface area contributed by atoms with Crippen molar-refractivity contribution < 1.29 is 0 Å². The predicted molar refractivity (Wildman–Crippen MR) is 74.8 cm³/mol. The van der Waals surface area contributed by atoms with E-state index in [2.05, 4.69) is 56.1 Å². The molecule has 2 aromatic rings. The van der Waals surface area contributed by atoms with Gasteiger partial charge in [0.15, 0.2) is 0 Å². The Labute approximate surface area is 103 Å². The van der Waals surface area contributed by atoms with Gasteiger partial charge in [-0.25, -0.2) is 0 Å². The molecule has 0 unspecified atom stereocenters. The topological polar surface area (TPSA) is 29.3 Å². The number of rotatable bonds is 2. The maximum atomic E-state index is 5.77. The van der Waals surface area contributed by atoms with E-state index in [0.717, 1.165) is 5.69 Å². The van der Waals surface area contributed by atoms with Crippen LogP contribution < -0.4 is 10.6 Å². The average molecular weight is 226 g/mol. The van der Waals surface area contributed by atoms with E-state index in [1.165, 1.54) is 22.5 Å². The number of anilines is 3. The summed E-state index contributed by atoms with van der Waals surface area (Å²) >= 11 is 0. The van der Waals surface area contributed by atoms with E-state index in [1.54, 1.807) is 0 Å². The summed E-state index contributed by atoms with van der Waals surface area (Å²) in [5, 5.41) is 0. The summed E-state index contributed by atoms with van der Waals surface area (Å²) in [6, 6.07) is 14.5. The third kappa shape index (κ3) is 2.41. The molecule has 2 nitrogen and oxygen atoms in total. The zero-order chi connectivity index (χ0) is 12.4. The molecule has 2 N–H and O–H groups in total. The molecule has 0 saturated carbocycles. The minimum absolute atomic E-state index is 0.809. The SMILES string of the molecule is Cc1cccc(N(C)c2ccc(N)cc2C)c1. The number of aryl methyl sites for hydroxylation is 2. The Morgan fingerprint density at radius 3 is 2.41 bits per heavy atom. The van der Waals surface area contributed by atoms with Crippen LogP contribution in [-0.4, -0.2) is 7.05 Å². The summed E-state index contributed by atoms with van der Waals surface area (Å²) in [5.41, 5.74) is 11.4. The molecule has 0 aliphatic carbocycles. The van der Waals surface area contributed by atoms with Crippen molar-refractivity contribution in [3.05, 3.63) is 53.6 Å². The highest BCUT2D eigenvalue weighted by molar-refractivity contribution is 5.68. The highest BCUT2D eigenvalue weighted by Gasteiger charge is 2.06. The highest BCUT2D eigenvalue weighted by atomic mass is 15.1. The maximum Gasteiger partial charge on any atom is 0.0439 e. The van der Waals surface area contributed by atoms with Crippen LogP contribution in [0.1, 0.15) is 11.1 Å². The van der Waals surface area contributed by atoms with Gasteiger partial charge < -0.3 is 10.6 Å². The quantitative estimate of drug-likeness (QED) is 0.792. The van der Waals surface area contributed by atoms with E-state index >= 15 is 0 Å².